The molecule has 23 heavy (non-hydrogen) atoms. The summed E-state index contributed by atoms with van der Waals surface area (Å²) in [7, 11) is 0. The van der Waals surface area contributed by atoms with Gasteiger partial charge in [-0.3, -0.25) is 0 Å². The molecule has 0 amide bonds. The van der Waals surface area contributed by atoms with E-state index in [1.165, 1.54) is 13.1 Å². The van der Waals surface area contributed by atoms with Crippen LogP contribution >= 0.6 is 11.6 Å². The molecule has 0 saturated carbocycles. The van der Waals surface area contributed by atoms with Crippen molar-refractivity contribution in [1.82, 2.24) is 9.97 Å². The first-order valence-electron chi connectivity index (χ1n) is 6.75. The smallest absolute Gasteiger partial charge is 0.344 e. The van der Waals surface area contributed by atoms with Gasteiger partial charge in [0.2, 0.25) is 5.88 Å². The lowest BCUT2D eigenvalue weighted by atomic mass is 10.3. The molecule has 0 aliphatic heterocycles. The quantitative estimate of drug-likeness (QED) is 0.751. The number of halogens is 2. The molecule has 0 aliphatic rings. The Hall–Kier alpha value is -2.41. The first-order valence-corrected chi connectivity index (χ1v) is 7.13. The number of esters is 1. The molecule has 2 heterocycles. The van der Waals surface area contributed by atoms with Gasteiger partial charge in [0.05, 0.1) is 12.3 Å². The normalized spacial score (nSPS) is 10.3. The molecule has 0 radical (unpaired) electrons. The minimum Gasteiger partial charge on any atom is -0.463 e. The molecule has 0 unspecified atom stereocenters. The summed E-state index contributed by atoms with van der Waals surface area (Å²) in [6.45, 7) is 3.12. The van der Waals surface area contributed by atoms with E-state index in [0.717, 1.165) is 6.07 Å². The third kappa shape index (κ3) is 4.53. The molecule has 0 aromatic carbocycles. The topological polar surface area (TPSA) is 70.5 Å². The number of pyridine rings is 2. The van der Waals surface area contributed by atoms with E-state index in [1.807, 2.05) is 0 Å². The van der Waals surface area contributed by atoms with Crippen LogP contribution < -0.4 is 9.47 Å². The van der Waals surface area contributed by atoms with Crippen LogP contribution in [0, 0.1) is 12.7 Å². The monoisotopic (exact) mass is 340 g/mol. The molecule has 2 aromatic rings. The zero-order valence-corrected chi connectivity index (χ0v) is 13.3. The van der Waals surface area contributed by atoms with Crippen molar-refractivity contribution in [2.45, 2.75) is 13.8 Å². The lowest BCUT2D eigenvalue weighted by Crippen LogP contribution is -2.15. The van der Waals surface area contributed by atoms with Crippen LogP contribution in [0.3, 0.4) is 0 Å². The van der Waals surface area contributed by atoms with Crippen molar-refractivity contribution in [3.05, 3.63) is 40.9 Å². The van der Waals surface area contributed by atoms with E-state index in [2.05, 4.69) is 9.97 Å². The molecule has 2 aromatic heterocycles. The van der Waals surface area contributed by atoms with Crippen molar-refractivity contribution in [2.24, 2.45) is 0 Å². The molecule has 0 saturated heterocycles. The summed E-state index contributed by atoms with van der Waals surface area (Å²) in [4.78, 5) is 19.2. The highest BCUT2D eigenvalue weighted by Gasteiger charge is 2.14. The van der Waals surface area contributed by atoms with Crippen LogP contribution in [0.4, 0.5) is 4.39 Å². The lowest BCUT2D eigenvalue weighted by molar-refractivity contribution is -0.145. The summed E-state index contributed by atoms with van der Waals surface area (Å²) in [5, 5.41) is 0.00768. The molecule has 8 heteroatoms. The second-order valence-corrected chi connectivity index (χ2v) is 4.75. The number of carbonyl (C=O) groups is 1. The zero-order valence-electron chi connectivity index (χ0n) is 12.5. The molecule has 2 rings (SSSR count). The highest BCUT2D eigenvalue weighted by Crippen LogP contribution is 2.33. The average molecular weight is 341 g/mol. The maximum atomic E-state index is 13.4. The molecule has 0 spiro atoms. The SMILES string of the molecule is CCOC(=O)COc1ncccc1Oc1nc(C)c(F)cc1Cl. The van der Waals surface area contributed by atoms with Crippen LogP contribution in [0.25, 0.3) is 0 Å². The van der Waals surface area contributed by atoms with E-state index in [0.29, 0.717) is 0 Å². The minimum absolute atomic E-state index is 0.00768. The maximum Gasteiger partial charge on any atom is 0.344 e. The van der Waals surface area contributed by atoms with Gasteiger partial charge < -0.3 is 14.2 Å². The third-order valence-corrected chi connectivity index (χ3v) is 2.92. The predicted octanol–water partition coefficient (Wildman–Crippen LogP) is 3.31. The number of ether oxygens (including phenoxy) is 3. The fourth-order valence-corrected chi connectivity index (χ4v) is 1.78. The summed E-state index contributed by atoms with van der Waals surface area (Å²) in [6.07, 6.45) is 1.47. The zero-order chi connectivity index (χ0) is 16.8. The van der Waals surface area contributed by atoms with Crippen LogP contribution in [-0.2, 0) is 9.53 Å². The van der Waals surface area contributed by atoms with Crippen LogP contribution in [-0.4, -0.2) is 29.2 Å². The molecule has 0 bridgehead atoms. The van der Waals surface area contributed by atoms with Gasteiger partial charge in [0.25, 0.3) is 5.88 Å². The number of carbonyl (C=O) groups excluding carboxylic acids is 1. The van der Waals surface area contributed by atoms with Gasteiger partial charge in [0.15, 0.2) is 12.4 Å². The maximum absolute atomic E-state index is 13.4. The van der Waals surface area contributed by atoms with Crippen LogP contribution in [0.2, 0.25) is 5.02 Å². The second-order valence-electron chi connectivity index (χ2n) is 4.35. The molecular formula is C15H14ClFN2O4. The van der Waals surface area contributed by atoms with Crippen LogP contribution in [0.15, 0.2) is 24.4 Å². The van der Waals surface area contributed by atoms with Gasteiger partial charge in [0, 0.05) is 6.20 Å². The van der Waals surface area contributed by atoms with Gasteiger partial charge in [-0.15, -0.1) is 0 Å². The number of hydrogen-bond donors (Lipinski definition) is 0. The van der Waals surface area contributed by atoms with Gasteiger partial charge in [-0.2, -0.15) is 0 Å². The summed E-state index contributed by atoms with van der Waals surface area (Å²) in [5.74, 6) is -0.789. The Morgan fingerprint density at radius 2 is 2.17 bits per heavy atom. The Morgan fingerprint density at radius 1 is 1.39 bits per heavy atom. The Bertz CT molecular complexity index is 712. The molecular weight excluding hydrogens is 327 g/mol. The highest BCUT2D eigenvalue weighted by molar-refractivity contribution is 6.31. The van der Waals surface area contributed by atoms with E-state index >= 15 is 0 Å². The fourth-order valence-electron chi connectivity index (χ4n) is 1.60. The molecule has 0 aliphatic carbocycles. The van der Waals surface area contributed by atoms with Crippen molar-refractivity contribution in [3.8, 4) is 17.5 Å². The summed E-state index contributed by atoms with van der Waals surface area (Å²) in [5.41, 5.74) is 0.141. The Balaban J connectivity index is 2.17. The van der Waals surface area contributed by atoms with Gasteiger partial charge in [-0.1, -0.05) is 11.6 Å². The highest BCUT2D eigenvalue weighted by atomic mass is 35.5. The molecule has 6 nitrogen and oxygen atoms in total. The molecule has 122 valence electrons. The van der Waals surface area contributed by atoms with Gasteiger partial charge >= 0.3 is 5.97 Å². The van der Waals surface area contributed by atoms with E-state index in [4.69, 9.17) is 25.8 Å². The predicted molar refractivity (Wildman–Crippen MR) is 80.4 cm³/mol. The first kappa shape index (κ1) is 17.0. The van der Waals surface area contributed by atoms with Crippen molar-refractivity contribution in [3.63, 3.8) is 0 Å². The number of nitrogens with zero attached hydrogens (tertiary/aromatic N) is 2. The van der Waals surface area contributed by atoms with E-state index < -0.39 is 11.8 Å². The van der Waals surface area contributed by atoms with Crippen LogP contribution in [0.5, 0.6) is 17.5 Å². The Kier molecular flexibility index (Phi) is 5.70. The largest absolute Gasteiger partial charge is 0.463 e. The van der Waals surface area contributed by atoms with E-state index in [9.17, 15) is 9.18 Å². The first-order chi connectivity index (χ1) is 11.0. The summed E-state index contributed by atoms with van der Waals surface area (Å²) >= 11 is 5.91. The van der Waals surface area contributed by atoms with Gasteiger partial charge in [0.1, 0.15) is 10.8 Å². The van der Waals surface area contributed by atoms with Crippen molar-refractivity contribution < 1.29 is 23.4 Å². The second kappa shape index (κ2) is 7.73. The van der Waals surface area contributed by atoms with Crippen molar-refractivity contribution >= 4 is 17.6 Å². The molecule has 0 fully saturated rings. The summed E-state index contributed by atoms with van der Waals surface area (Å²) < 4.78 is 28.9. The Labute approximate surface area is 137 Å². The van der Waals surface area contributed by atoms with Gasteiger partial charge in [-0.25, -0.2) is 19.2 Å². The minimum atomic E-state index is -0.535. The van der Waals surface area contributed by atoms with Crippen LogP contribution in [0.1, 0.15) is 12.6 Å². The number of rotatable bonds is 6. The standard InChI is InChI=1S/C15H14ClFN2O4/c1-3-21-13(20)8-22-15-12(5-4-6-18-15)23-14-10(16)7-11(17)9(2)19-14/h4-7H,3,8H2,1-2H3. The molecule has 0 N–H and O–H groups in total. The molecule has 0 atom stereocenters. The van der Waals surface area contributed by atoms with Crippen molar-refractivity contribution in [1.29, 1.82) is 0 Å². The van der Waals surface area contributed by atoms with Crippen molar-refractivity contribution in [2.75, 3.05) is 13.2 Å². The Morgan fingerprint density at radius 3 is 2.91 bits per heavy atom. The lowest BCUT2D eigenvalue weighted by Gasteiger charge is -2.11. The van der Waals surface area contributed by atoms with E-state index in [-0.39, 0.29) is 41.4 Å². The number of aromatic nitrogens is 2. The average Bonchev–Trinajstić information content (AvgIpc) is 2.52. The fraction of sp³-hybridized carbons (Fsp3) is 0.267. The third-order valence-electron chi connectivity index (χ3n) is 2.65. The number of hydrogen-bond acceptors (Lipinski definition) is 6. The summed E-state index contributed by atoms with van der Waals surface area (Å²) in [6, 6.07) is 4.27. The number of aryl methyl sites for hydroxylation is 1. The van der Waals surface area contributed by atoms with E-state index in [1.54, 1.807) is 19.1 Å². The van der Waals surface area contributed by atoms with Gasteiger partial charge in [-0.05, 0) is 32.0 Å².